The molecule has 0 spiro atoms. The van der Waals surface area contributed by atoms with Gasteiger partial charge >= 0.3 is 0 Å². The first-order valence-corrected chi connectivity index (χ1v) is 4.67. The fourth-order valence-electron chi connectivity index (χ4n) is 1.02. The summed E-state index contributed by atoms with van der Waals surface area (Å²) in [5, 5.41) is 0. The summed E-state index contributed by atoms with van der Waals surface area (Å²) in [7, 11) is 3.05. The molecule has 4 heteroatoms. The number of methoxy groups -OCH3 is 2. The van der Waals surface area contributed by atoms with Crippen LogP contribution in [0.3, 0.4) is 0 Å². The van der Waals surface area contributed by atoms with Crippen molar-refractivity contribution in [1.29, 1.82) is 0 Å². The van der Waals surface area contributed by atoms with Gasteiger partial charge in [-0.15, -0.1) is 0 Å². The maximum absolute atomic E-state index is 10.7. The highest BCUT2D eigenvalue weighted by molar-refractivity contribution is 14.1. The number of hydrogen-bond donors (Lipinski definition) is 0. The summed E-state index contributed by atoms with van der Waals surface area (Å²) in [6.07, 6.45) is 0.730. The van der Waals surface area contributed by atoms with E-state index in [2.05, 4.69) is 22.6 Å². The Morgan fingerprint density at radius 3 is 2.00 bits per heavy atom. The van der Waals surface area contributed by atoms with Crippen molar-refractivity contribution >= 4 is 28.9 Å². The molecular weight excluding hydrogens is 283 g/mol. The van der Waals surface area contributed by atoms with Crippen molar-refractivity contribution in [3.8, 4) is 11.5 Å². The first-order chi connectivity index (χ1) is 6.22. The first kappa shape index (κ1) is 10.3. The van der Waals surface area contributed by atoms with E-state index in [4.69, 9.17) is 9.47 Å². The predicted molar refractivity (Wildman–Crippen MR) is 57.7 cm³/mol. The molecule has 0 unspecified atom stereocenters. The summed E-state index contributed by atoms with van der Waals surface area (Å²) in [5.41, 5.74) is 0.449. The van der Waals surface area contributed by atoms with Crippen LogP contribution in [-0.2, 0) is 0 Å². The monoisotopic (exact) mass is 292 g/mol. The van der Waals surface area contributed by atoms with E-state index in [1.54, 1.807) is 12.1 Å². The number of ether oxygens (including phenoxy) is 2. The second kappa shape index (κ2) is 4.45. The minimum absolute atomic E-state index is 0.449. The summed E-state index contributed by atoms with van der Waals surface area (Å²) in [6, 6.07) is 3.57. The lowest BCUT2D eigenvalue weighted by Crippen LogP contribution is -1.96. The van der Waals surface area contributed by atoms with Crippen LogP contribution in [0.4, 0.5) is 0 Å². The van der Waals surface area contributed by atoms with E-state index in [0.717, 1.165) is 9.86 Å². The second-order valence-corrected chi connectivity index (χ2v) is 3.59. The number of rotatable bonds is 3. The lowest BCUT2D eigenvalue weighted by molar-refractivity contribution is 0.111. The average Bonchev–Trinajstić information content (AvgIpc) is 2.16. The van der Waals surface area contributed by atoms with Gasteiger partial charge in [-0.3, -0.25) is 4.79 Å². The predicted octanol–water partition coefficient (Wildman–Crippen LogP) is 2.12. The van der Waals surface area contributed by atoms with Crippen molar-refractivity contribution < 1.29 is 14.3 Å². The van der Waals surface area contributed by atoms with Crippen LogP contribution in [0, 0.1) is 3.57 Å². The third-order valence-corrected chi connectivity index (χ3v) is 2.25. The zero-order chi connectivity index (χ0) is 9.84. The van der Waals surface area contributed by atoms with E-state index in [0.29, 0.717) is 17.1 Å². The molecule has 0 amide bonds. The van der Waals surface area contributed by atoms with E-state index in [1.807, 2.05) is 0 Å². The lowest BCUT2D eigenvalue weighted by atomic mass is 10.2. The summed E-state index contributed by atoms with van der Waals surface area (Å²) < 4.78 is 11.1. The number of benzene rings is 1. The van der Waals surface area contributed by atoms with Crippen LogP contribution in [0.25, 0.3) is 0 Å². The molecular formula is C9H9IO3. The third kappa shape index (κ3) is 2.12. The van der Waals surface area contributed by atoms with Crippen molar-refractivity contribution in [3.63, 3.8) is 0 Å². The Morgan fingerprint density at radius 2 is 1.69 bits per heavy atom. The van der Waals surface area contributed by atoms with Gasteiger partial charge in [-0.05, 0) is 34.7 Å². The van der Waals surface area contributed by atoms with Gasteiger partial charge in [-0.1, -0.05) is 0 Å². The molecule has 1 aromatic carbocycles. The molecule has 0 heterocycles. The quantitative estimate of drug-likeness (QED) is 0.632. The summed E-state index contributed by atoms with van der Waals surface area (Å²) in [4.78, 5) is 10.7. The van der Waals surface area contributed by atoms with Crippen LogP contribution in [0.1, 0.15) is 10.4 Å². The molecule has 0 radical (unpaired) electrons. The lowest BCUT2D eigenvalue weighted by Gasteiger charge is -2.08. The number of halogens is 1. The molecule has 1 aromatic rings. The van der Waals surface area contributed by atoms with Gasteiger partial charge in [0.2, 0.25) is 0 Å². The van der Waals surface area contributed by atoms with Crippen molar-refractivity contribution in [2.75, 3.05) is 14.2 Å². The molecule has 0 saturated carbocycles. The highest BCUT2D eigenvalue weighted by Crippen LogP contribution is 2.29. The molecule has 0 fully saturated rings. The fourth-order valence-corrected chi connectivity index (χ4v) is 1.59. The van der Waals surface area contributed by atoms with Crippen molar-refractivity contribution in [3.05, 3.63) is 21.3 Å². The Hall–Kier alpha value is -0.780. The second-order valence-electron chi connectivity index (χ2n) is 2.34. The smallest absolute Gasteiger partial charge is 0.157 e. The maximum Gasteiger partial charge on any atom is 0.157 e. The summed E-state index contributed by atoms with van der Waals surface area (Å²) >= 11 is 2.13. The average molecular weight is 292 g/mol. The van der Waals surface area contributed by atoms with Crippen LogP contribution >= 0.6 is 22.6 Å². The molecule has 0 bridgehead atoms. The van der Waals surface area contributed by atoms with Crippen LogP contribution in [0.15, 0.2) is 12.1 Å². The van der Waals surface area contributed by atoms with E-state index in [9.17, 15) is 4.79 Å². The number of carbonyl (C=O) groups is 1. The van der Waals surface area contributed by atoms with Gasteiger partial charge < -0.3 is 9.47 Å². The number of aldehydes is 1. The first-order valence-electron chi connectivity index (χ1n) is 3.59. The topological polar surface area (TPSA) is 35.5 Å². The molecule has 0 aromatic heterocycles. The molecule has 3 nitrogen and oxygen atoms in total. The highest BCUT2D eigenvalue weighted by atomic mass is 127. The SMILES string of the molecule is COc1cc(I)cc(OC)c1C=O. The van der Waals surface area contributed by atoms with Gasteiger partial charge in [0, 0.05) is 3.57 Å². The van der Waals surface area contributed by atoms with Gasteiger partial charge in [0.1, 0.15) is 11.5 Å². The fraction of sp³-hybridized carbons (Fsp3) is 0.222. The molecule has 0 aliphatic heterocycles. The molecule has 0 aliphatic carbocycles. The van der Waals surface area contributed by atoms with Crippen molar-refractivity contribution in [1.82, 2.24) is 0 Å². The van der Waals surface area contributed by atoms with Crippen molar-refractivity contribution in [2.45, 2.75) is 0 Å². The molecule has 0 atom stereocenters. The van der Waals surface area contributed by atoms with Gasteiger partial charge in [0.15, 0.2) is 6.29 Å². The Morgan fingerprint density at radius 1 is 1.23 bits per heavy atom. The standard InChI is InChI=1S/C9H9IO3/c1-12-8-3-6(10)4-9(13-2)7(8)5-11/h3-5H,1-2H3. The molecule has 0 saturated heterocycles. The summed E-state index contributed by atoms with van der Waals surface area (Å²) in [6.45, 7) is 0. The molecule has 0 N–H and O–H groups in total. The Bertz CT molecular complexity index is 298. The maximum atomic E-state index is 10.7. The minimum atomic E-state index is 0.449. The van der Waals surface area contributed by atoms with Gasteiger partial charge in [0.25, 0.3) is 0 Å². The molecule has 13 heavy (non-hydrogen) atoms. The molecule has 1 rings (SSSR count). The van der Waals surface area contributed by atoms with Crippen LogP contribution in [-0.4, -0.2) is 20.5 Å². The largest absolute Gasteiger partial charge is 0.496 e. The number of hydrogen-bond acceptors (Lipinski definition) is 3. The van der Waals surface area contributed by atoms with Crippen LogP contribution < -0.4 is 9.47 Å². The Kier molecular flexibility index (Phi) is 3.53. The molecule has 70 valence electrons. The highest BCUT2D eigenvalue weighted by Gasteiger charge is 2.10. The van der Waals surface area contributed by atoms with Crippen molar-refractivity contribution in [2.24, 2.45) is 0 Å². The van der Waals surface area contributed by atoms with E-state index >= 15 is 0 Å². The van der Waals surface area contributed by atoms with Gasteiger partial charge in [0.05, 0.1) is 19.8 Å². The Labute approximate surface area is 90.2 Å². The summed E-state index contributed by atoms with van der Waals surface area (Å²) in [5.74, 6) is 1.08. The van der Waals surface area contributed by atoms with Gasteiger partial charge in [-0.2, -0.15) is 0 Å². The van der Waals surface area contributed by atoms with E-state index in [-0.39, 0.29) is 0 Å². The molecule has 0 aliphatic rings. The number of carbonyl (C=O) groups excluding carboxylic acids is 1. The normalized spacial score (nSPS) is 9.46. The van der Waals surface area contributed by atoms with E-state index < -0.39 is 0 Å². The Balaban J connectivity index is 3.33. The zero-order valence-electron chi connectivity index (χ0n) is 7.33. The van der Waals surface area contributed by atoms with Crippen LogP contribution in [0.2, 0.25) is 0 Å². The zero-order valence-corrected chi connectivity index (χ0v) is 9.49. The third-order valence-electron chi connectivity index (χ3n) is 1.63. The van der Waals surface area contributed by atoms with Gasteiger partial charge in [-0.25, -0.2) is 0 Å². The van der Waals surface area contributed by atoms with Crippen LogP contribution in [0.5, 0.6) is 11.5 Å². The van der Waals surface area contributed by atoms with E-state index in [1.165, 1.54) is 14.2 Å². The minimum Gasteiger partial charge on any atom is -0.496 e.